The number of nitrogens with zero attached hydrogens (tertiary/aromatic N) is 3. The first-order valence-corrected chi connectivity index (χ1v) is 10.8. The van der Waals surface area contributed by atoms with E-state index in [9.17, 15) is 19.1 Å². The molecule has 1 aromatic carbocycles. The van der Waals surface area contributed by atoms with Crippen LogP contribution in [0.25, 0.3) is 0 Å². The number of halogens is 1. The van der Waals surface area contributed by atoms with Crippen molar-refractivity contribution in [3.63, 3.8) is 0 Å². The van der Waals surface area contributed by atoms with Crippen molar-refractivity contribution in [1.82, 2.24) is 14.8 Å². The second kappa shape index (κ2) is 10.5. The topological polar surface area (TPSA) is 83.0 Å². The summed E-state index contributed by atoms with van der Waals surface area (Å²) in [5.41, 5.74) is 0.873. The minimum atomic E-state index is -0.432. The van der Waals surface area contributed by atoms with Gasteiger partial charge in [-0.15, -0.1) is 0 Å². The van der Waals surface area contributed by atoms with E-state index in [2.05, 4.69) is 16.8 Å². The smallest absolute Gasteiger partial charge is 0.259 e. The molecule has 8 heteroatoms. The van der Waals surface area contributed by atoms with Gasteiger partial charge in [-0.25, -0.2) is 9.37 Å². The van der Waals surface area contributed by atoms with Crippen LogP contribution in [0.3, 0.4) is 0 Å². The molecule has 0 aliphatic carbocycles. The number of pyridine rings is 1. The molecule has 7 nitrogen and oxygen atoms in total. The highest BCUT2D eigenvalue weighted by Gasteiger charge is 2.34. The van der Waals surface area contributed by atoms with Crippen LogP contribution in [0.15, 0.2) is 36.5 Å². The van der Waals surface area contributed by atoms with E-state index in [-0.39, 0.29) is 41.3 Å². The molecule has 2 heterocycles. The van der Waals surface area contributed by atoms with Crippen LogP contribution >= 0.6 is 0 Å². The summed E-state index contributed by atoms with van der Waals surface area (Å²) in [6.45, 7) is 5.63. The van der Waals surface area contributed by atoms with Crippen molar-refractivity contribution < 1.29 is 23.8 Å². The molecule has 0 saturated heterocycles. The van der Waals surface area contributed by atoms with Crippen LogP contribution < -0.4 is 4.74 Å². The number of likely N-dealkylation sites (N-methyl/N-ethyl adjacent to an activating group) is 1. The summed E-state index contributed by atoms with van der Waals surface area (Å²) in [5.74, 6) is 4.76. The lowest BCUT2D eigenvalue weighted by Crippen LogP contribution is -2.50. The predicted molar refractivity (Wildman–Crippen MR) is 121 cm³/mol. The zero-order valence-corrected chi connectivity index (χ0v) is 19.2. The fourth-order valence-corrected chi connectivity index (χ4v) is 3.49. The number of aliphatic hydroxyl groups is 1. The molecule has 3 atom stereocenters. The van der Waals surface area contributed by atoms with E-state index in [4.69, 9.17) is 4.74 Å². The van der Waals surface area contributed by atoms with Crippen molar-refractivity contribution in [2.75, 3.05) is 26.7 Å². The van der Waals surface area contributed by atoms with Crippen molar-refractivity contribution in [2.24, 2.45) is 5.92 Å². The first kappa shape index (κ1) is 24.2. The predicted octanol–water partition coefficient (Wildman–Crippen LogP) is 2.32. The van der Waals surface area contributed by atoms with Gasteiger partial charge in [-0.3, -0.25) is 9.59 Å². The molecule has 0 radical (unpaired) electrons. The quantitative estimate of drug-likeness (QED) is 0.719. The number of aromatic nitrogens is 1. The van der Waals surface area contributed by atoms with Gasteiger partial charge in [-0.2, -0.15) is 0 Å². The lowest BCUT2D eigenvalue weighted by atomic mass is 10.00. The molecule has 2 amide bonds. The Morgan fingerprint density at radius 1 is 1.39 bits per heavy atom. The van der Waals surface area contributed by atoms with Crippen LogP contribution in [0, 0.1) is 23.6 Å². The van der Waals surface area contributed by atoms with Crippen molar-refractivity contribution >= 4 is 11.8 Å². The third-order valence-electron chi connectivity index (χ3n) is 5.73. The second-order valence-electron chi connectivity index (χ2n) is 8.33. The Kier molecular flexibility index (Phi) is 7.67. The Labute approximate surface area is 193 Å². The summed E-state index contributed by atoms with van der Waals surface area (Å²) < 4.78 is 20.0. The van der Waals surface area contributed by atoms with E-state index >= 15 is 0 Å². The van der Waals surface area contributed by atoms with Gasteiger partial charge < -0.3 is 19.6 Å². The first-order valence-electron chi connectivity index (χ1n) is 10.8. The monoisotopic (exact) mass is 453 g/mol. The van der Waals surface area contributed by atoms with E-state index < -0.39 is 18.0 Å². The van der Waals surface area contributed by atoms with Gasteiger partial charge in [0, 0.05) is 38.2 Å². The summed E-state index contributed by atoms with van der Waals surface area (Å²) in [6, 6.07) is 7.31. The number of aliphatic hydroxyl groups excluding tert-OH is 1. The van der Waals surface area contributed by atoms with Crippen molar-refractivity contribution in [3.05, 3.63) is 59.0 Å². The van der Waals surface area contributed by atoms with Crippen molar-refractivity contribution in [3.8, 4) is 17.7 Å². The third kappa shape index (κ3) is 5.68. The molecule has 1 aliphatic heterocycles. The molecule has 33 heavy (non-hydrogen) atoms. The maximum Gasteiger partial charge on any atom is 0.259 e. The fourth-order valence-electron chi connectivity index (χ4n) is 3.49. The number of carbonyl (C=O) groups is 2. The fraction of sp³-hybridized carbons (Fsp3) is 0.400. The number of ether oxygens (including phenoxy) is 1. The molecule has 1 aliphatic rings. The Balaban J connectivity index is 2.02. The second-order valence-corrected chi connectivity index (χ2v) is 8.33. The van der Waals surface area contributed by atoms with Gasteiger partial charge in [0.25, 0.3) is 5.91 Å². The minimum absolute atomic E-state index is 0.100. The Morgan fingerprint density at radius 2 is 2.12 bits per heavy atom. The van der Waals surface area contributed by atoms with E-state index in [1.807, 2.05) is 6.92 Å². The van der Waals surface area contributed by atoms with E-state index in [0.29, 0.717) is 18.7 Å². The molecule has 3 rings (SSSR count). The SMILES string of the molecule is CC(=O)N(C)C[C@H]1Oc2ncc(C#Cc3ccccc3F)cc2C(=O)N([C@@H](C)CO)C[C@H]1C. The molecule has 0 fully saturated rings. The number of benzene rings is 1. The number of rotatable bonds is 4. The van der Waals surface area contributed by atoms with Crippen LogP contribution in [-0.4, -0.2) is 70.6 Å². The summed E-state index contributed by atoms with van der Waals surface area (Å²) in [6.07, 6.45) is 1.06. The maximum absolute atomic E-state index is 13.9. The molecule has 0 spiro atoms. The van der Waals surface area contributed by atoms with Crippen LogP contribution in [0.4, 0.5) is 4.39 Å². The molecule has 2 aromatic rings. The molecule has 1 N–H and O–H groups in total. The zero-order valence-electron chi connectivity index (χ0n) is 19.2. The molecule has 1 aromatic heterocycles. The third-order valence-corrected chi connectivity index (χ3v) is 5.73. The number of carbonyl (C=O) groups excluding carboxylic acids is 2. The summed E-state index contributed by atoms with van der Waals surface area (Å²) in [7, 11) is 1.69. The molecular formula is C25H28FN3O4. The van der Waals surface area contributed by atoms with Crippen LogP contribution in [0.1, 0.15) is 42.3 Å². The molecule has 0 unspecified atom stereocenters. The van der Waals surface area contributed by atoms with Crippen LogP contribution in [0.2, 0.25) is 0 Å². The minimum Gasteiger partial charge on any atom is -0.472 e. The van der Waals surface area contributed by atoms with E-state index in [1.165, 1.54) is 19.2 Å². The van der Waals surface area contributed by atoms with Crippen molar-refractivity contribution in [2.45, 2.75) is 32.9 Å². The number of fused-ring (bicyclic) bond motifs is 1. The van der Waals surface area contributed by atoms with E-state index in [1.54, 1.807) is 48.0 Å². The Bertz CT molecular complexity index is 1090. The largest absolute Gasteiger partial charge is 0.472 e. The Morgan fingerprint density at radius 3 is 2.79 bits per heavy atom. The van der Waals surface area contributed by atoms with Crippen LogP contribution in [-0.2, 0) is 4.79 Å². The van der Waals surface area contributed by atoms with Gasteiger partial charge in [-0.1, -0.05) is 30.9 Å². The Hall–Kier alpha value is -3.44. The van der Waals surface area contributed by atoms with Gasteiger partial charge in [0.2, 0.25) is 11.8 Å². The van der Waals surface area contributed by atoms with Gasteiger partial charge in [0.05, 0.1) is 24.8 Å². The number of amides is 2. The van der Waals surface area contributed by atoms with Crippen molar-refractivity contribution in [1.29, 1.82) is 0 Å². The standard InChI is InChI=1S/C25H28FN3O4/c1-16-13-29(17(2)15-30)25(32)21-11-19(9-10-20-7-5-6-8-22(20)26)12-27-24(21)33-23(16)14-28(4)18(3)31/h5-8,11-12,16-17,23,30H,13-15H2,1-4H3/t16-,17+,23-/m1/s1. The zero-order chi connectivity index (χ0) is 24.1. The molecule has 174 valence electrons. The number of hydrogen-bond donors (Lipinski definition) is 1. The van der Waals surface area contributed by atoms with Crippen LogP contribution in [0.5, 0.6) is 5.88 Å². The highest BCUT2D eigenvalue weighted by molar-refractivity contribution is 5.97. The maximum atomic E-state index is 13.9. The summed E-state index contributed by atoms with van der Waals surface area (Å²) in [5, 5.41) is 9.72. The average molecular weight is 454 g/mol. The van der Waals surface area contributed by atoms with Gasteiger partial charge in [-0.05, 0) is 25.1 Å². The molecular weight excluding hydrogens is 425 g/mol. The summed E-state index contributed by atoms with van der Waals surface area (Å²) >= 11 is 0. The van der Waals surface area contributed by atoms with Gasteiger partial charge in [0.15, 0.2) is 0 Å². The summed E-state index contributed by atoms with van der Waals surface area (Å²) in [4.78, 5) is 32.6. The normalized spacial score (nSPS) is 18.7. The average Bonchev–Trinajstić information content (AvgIpc) is 2.80. The van der Waals surface area contributed by atoms with E-state index in [0.717, 1.165) is 0 Å². The van der Waals surface area contributed by atoms with Gasteiger partial charge >= 0.3 is 0 Å². The molecule has 0 saturated carbocycles. The lowest BCUT2D eigenvalue weighted by Gasteiger charge is -2.37. The first-order chi connectivity index (χ1) is 15.7. The highest BCUT2D eigenvalue weighted by Crippen LogP contribution is 2.27. The van der Waals surface area contributed by atoms with Gasteiger partial charge in [0.1, 0.15) is 17.5 Å². The number of hydrogen-bond acceptors (Lipinski definition) is 5. The molecule has 0 bridgehead atoms. The lowest BCUT2D eigenvalue weighted by molar-refractivity contribution is -0.129. The highest BCUT2D eigenvalue weighted by atomic mass is 19.1.